The van der Waals surface area contributed by atoms with E-state index < -0.39 is 64.9 Å². The highest BCUT2D eigenvalue weighted by atomic mass is 16.2. The van der Waals surface area contributed by atoms with Crippen molar-refractivity contribution in [3.63, 3.8) is 0 Å². The fourth-order valence-corrected chi connectivity index (χ4v) is 10.8. The molecule has 1 fully saturated rings. The van der Waals surface area contributed by atoms with Gasteiger partial charge in [-0.05, 0) is 135 Å². The van der Waals surface area contributed by atoms with Gasteiger partial charge in [-0.2, -0.15) is 0 Å². The molecule has 77 heavy (non-hydrogen) atoms. The van der Waals surface area contributed by atoms with Gasteiger partial charge in [0, 0.05) is 42.8 Å². The molecule has 2 heterocycles. The molecule has 7 N–H and O–H groups in total. The quantitative estimate of drug-likeness (QED) is 0.0687. The van der Waals surface area contributed by atoms with E-state index in [0.29, 0.717) is 30.5 Å². The predicted octanol–water partition coefficient (Wildman–Crippen LogP) is 5.33. The normalized spacial score (nSPS) is 19.8. The number of nitrogens with zero attached hydrogens (tertiary/aromatic N) is 2. The topological polar surface area (TPSA) is 210 Å². The monoisotopic (exact) mass is 1050 g/mol. The molecule has 0 radical (unpaired) electrons. The van der Waals surface area contributed by atoms with Crippen molar-refractivity contribution in [3.8, 4) is 0 Å². The Morgan fingerprint density at radius 3 is 1.87 bits per heavy atom. The van der Waals surface area contributed by atoms with E-state index in [2.05, 4.69) is 43.3 Å². The van der Waals surface area contributed by atoms with Gasteiger partial charge < -0.3 is 47.0 Å². The van der Waals surface area contributed by atoms with Crippen LogP contribution in [0.5, 0.6) is 0 Å². The molecule has 0 aromatic heterocycles. The van der Waals surface area contributed by atoms with Gasteiger partial charge in [-0.1, -0.05) is 120 Å². The van der Waals surface area contributed by atoms with Crippen LogP contribution in [0.2, 0.25) is 0 Å². The lowest BCUT2D eigenvalue weighted by Crippen LogP contribution is -2.60. The molecule has 8 atom stereocenters. The maximum atomic E-state index is 15.0. The second kappa shape index (κ2) is 25.0. The van der Waals surface area contributed by atoms with E-state index in [4.69, 9.17) is 0 Å². The van der Waals surface area contributed by atoms with Crippen LogP contribution in [0.3, 0.4) is 0 Å². The molecule has 1 aliphatic carbocycles. The van der Waals surface area contributed by atoms with E-state index in [0.717, 1.165) is 41.5 Å². The highest BCUT2D eigenvalue weighted by Crippen LogP contribution is 2.33. The zero-order valence-corrected chi connectivity index (χ0v) is 46.7. The Morgan fingerprint density at radius 2 is 1.25 bits per heavy atom. The van der Waals surface area contributed by atoms with Crippen LogP contribution in [0, 0.1) is 10.8 Å². The van der Waals surface area contributed by atoms with Crippen LogP contribution in [0.15, 0.2) is 97.1 Å². The highest BCUT2D eigenvalue weighted by molar-refractivity contribution is 6.00. The summed E-state index contributed by atoms with van der Waals surface area (Å²) in [5, 5.41) is 21.4. The van der Waals surface area contributed by atoms with Crippen LogP contribution in [-0.4, -0.2) is 121 Å². The summed E-state index contributed by atoms with van der Waals surface area (Å²) < 4.78 is 0. The van der Waals surface area contributed by atoms with Crippen molar-refractivity contribution in [2.24, 2.45) is 10.8 Å². The number of carbonyl (C=O) groups excluding carboxylic acids is 7. The first-order chi connectivity index (χ1) is 36.6. The van der Waals surface area contributed by atoms with Gasteiger partial charge in [-0.25, -0.2) is 0 Å². The predicted molar refractivity (Wildman–Crippen MR) is 299 cm³/mol. The van der Waals surface area contributed by atoms with Gasteiger partial charge in [0.15, 0.2) is 0 Å². The first kappa shape index (κ1) is 57.8. The number of likely N-dealkylation sites (N-methyl/N-ethyl adjacent to an activating group) is 2. The van der Waals surface area contributed by atoms with Crippen LogP contribution in [-0.2, 0) is 56.2 Å². The number of nitrogens with one attached hydrogen (secondary N) is 7. The third-order valence-corrected chi connectivity index (χ3v) is 15.6. The Kier molecular flexibility index (Phi) is 18.8. The average Bonchev–Trinajstić information content (AvgIpc) is 3.90. The number of fused-ring (bicyclic) bond motifs is 2. The largest absolute Gasteiger partial charge is 0.352 e. The van der Waals surface area contributed by atoms with E-state index in [1.165, 1.54) is 10.5 Å². The van der Waals surface area contributed by atoms with Crippen LogP contribution < -0.4 is 37.2 Å². The molecule has 4 aromatic carbocycles. The molecule has 16 heteroatoms. The second-order valence-electron chi connectivity index (χ2n) is 23.4. The first-order valence-corrected chi connectivity index (χ1v) is 27.3. The van der Waals surface area contributed by atoms with E-state index in [1.54, 1.807) is 51.0 Å². The number of amides is 7. The molecule has 7 amide bonds. The number of hydrogen-bond donors (Lipinski definition) is 7. The summed E-state index contributed by atoms with van der Waals surface area (Å²) in [5.41, 5.74) is 5.05. The van der Waals surface area contributed by atoms with Crippen molar-refractivity contribution in [1.29, 1.82) is 0 Å². The van der Waals surface area contributed by atoms with Crippen molar-refractivity contribution in [3.05, 3.63) is 142 Å². The van der Waals surface area contributed by atoms with Crippen molar-refractivity contribution >= 4 is 41.4 Å². The van der Waals surface area contributed by atoms with E-state index in [1.807, 2.05) is 114 Å². The molecule has 0 unspecified atom stereocenters. The van der Waals surface area contributed by atoms with Crippen molar-refractivity contribution in [2.45, 2.75) is 155 Å². The van der Waals surface area contributed by atoms with E-state index in [9.17, 15) is 28.8 Å². The van der Waals surface area contributed by atoms with Crippen molar-refractivity contribution in [2.75, 3.05) is 27.2 Å². The molecule has 16 nitrogen and oxygen atoms in total. The standard InChI is InChI=1S/C61H81N9O7/c1-37(62-9)53(71)67-51(60(3,4)5)58(76)69-35-43-23-15-14-22-41(43)32-46(69)33-44-31-42(27-28-48(44)56(74)64-30-29-39-19-12-11-13-20-39)55(73)65-45-34-50(57(75)66-49-26-18-24-40-21-16-17-25-47(40)49)70(36-45)59(77)52(61(6,7)8)68-54(72)38(2)63-10/h11-17,19-23,25,27-28,31,37-38,45-46,49-52,62-63H,18,24,26,29-30,32-36H2,1-10H3,(H,64,74)(H,65,73)(H,66,75)(H,67,71)(H,68,72)/t37-,38-,45-,46-,49+,50-,51+,52+/m0/s1. The Bertz CT molecular complexity index is 2790. The van der Waals surface area contributed by atoms with Crippen LogP contribution in [0.25, 0.3) is 0 Å². The number of rotatable bonds is 18. The van der Waals surface area contributed by atoms with Crippen molar-refractivity contribution in [1.82, 2.24) is 47.0 Å². The van der Waals surface area contributed by atoms with Gasteiger partial charge in [0.2, 0.25) is 29.5 Å². The van der Waals surface area contributed by atoms with Gasteiger partial charge in [-0.15, -0.1) is 0 Å². The highest BCUT2D eigenvalue weighted by Gasteiger charge is 2.46. The number of benzene rings is 4. The number of aryl methyl sites for hydroxylation is 1. The number of hydrogen-bond acceptors (Lipinski definition) is 9. The van der Waals surface area contributed by atoms with Crippen molar-refractivity contribution < 1.29 is 33.6 Å². The van der Waals surface area contributed by atoms with Gasteiger partial charge in [0.25, 0.3) is 11.8 Å². The Hall–Kier alpha value is -6.91. The summed E-state index contributed by atoms with van der Waals surface area (Å²) in [6.45, 7) is 15.4. The molecule has 412 valence electrons. The Labute approximate surface area is 455 Å². The summed E-state index contributed by atoms with van der Waals surface area (Å²) in [5.74, 6) is -2.50. The molecule has 4 aromatic rings. The molecule has 0 spiro atoms. The minimum absolute atomic E-state index is 0.000159. The van der Waals surface area contributed by atoms with E-state index >= 15 is 4.79 Å². The second-order valence-corrected chi connectivity index (χ2v) is 23.4. The Balaban J connectivity index is 1.21. The lowest BCUT2D eigenvalue weighted by molar-refractivity contribution is -0.144. The molecule has 7 rings (SSSR count). The fraction of sp³-hybridized carbons (Fsp3) is 0.492. The first-order valence-electron chi connectivity index (χ1n) is 27.3. The average molecular weight is 1050 g/mol. The summed E-state index contributed by atoms with van der Waals surface area (Å²) >= 11 is 0. The zero-order valence-electron chi connectivity index (χ0n) is 46.7. The van der Waals surface area contributed by atoms with E-state index in [-0.39, 0.29) is 67.1 Å². The molecule has 3 aliphatic rings. The Morgan fingerprint density at radius 1 is 0.662 bits per heavy atom. The molecule has 2 aliphatic heterocycles. The lowest BCUT2D eigenvalue weighted by atomic mass is 9.83. The molecular weight excluding hydrogens is 971 g/mol. The summed E-state index contributed by atoms with van der Waals surface area (Å²) in [6.07, 6.45) is 3.90. The fourth-order valence-electron chi connectivity index (χ4n) is 10.8. The third kappa shape index (κ3) is 14.2. The summed E-state index contributed by atoms with van der Waals surface area (Å²) in [4.78, 5) is 104. The summed E-state index contributed by atoms with van der Waals surface area (Å²) in [6, 6.07) is 25.4. The summed E-state index contributed by atoms with van der Waals surface area (Å²) in [7, 11) is 3.35. The number of carbonyl (C=O) groups is 7. The molecule has 1 saturated heterocycles. The molecular formula is C61H81N9O7. The maximum Gasteiger partial charge on any atom is 0.251 e. The molecule has 0 bridgehead atoms. The van der Waals surface area contributed by atoms with Crippen LogP contribution in [0.1, 0.15) is 135 Å². The van der Waals surface area contributed by atoms with Gasteiger partial charge in [0.05, 0.1) is 18.1 Å². The van der Waals surface area contributed by atoms with Crippen LogP contribution >= 0.6 is 0 Å². The zero-order chi connectivity index (χ0) is 55.8. The lowest BCUT2D eigenvalue weighted by Gasteiger charge is -2.42. The maximum absolute atomic E-state index is 15.0. The SMILES string of the molecule is CN[C@@H](C)C(=O)N[C@H](C(=O)N1Cc2ccccc2C[C@H]1Cc1cc(C(=O)N[C@H]2C[C@@H](C(=O)N[C@@H]3CCCc4ccccc43)N(C(=O)[C@@H](NC(=O)[C@H](C)NC)C(C)(C)C)C2)ccc1C(=O)NCCc1ccccc1)C(C)(C)C. The van der Waals surface area contributed by atoms with Gasteiger partial charge in [-0.3, -0.25) is 33.6 Å². The van der Waals surface area contributed by atoms with Crippen LogP contribution in [0.4, 0.5) is 0 Å². The smallest absolute Gasteiger partial charge is 0.251 e. The van der Waals surface area contributed by atoms with Gasteiger partial charge >= 0.3 is 0 Å². The van der Waals surface area contributed by atoms with Gasteiger partial charge in [0.1, 0.15) is 18.1 Å². The minimum Gasteiger partial charge on any atom is -0.352 e. The minimum atomic E-state index is -0.995. The number of likely N-dealkylation sites (tertiary alicyclic amines) is 1. The third-order valence-electron chi connectivity index (χ3n) is 15.6. The molecule has 0 saturated carbocycles.